The Labute approximate surface area is 95.7 Å². The molecule has 0 spiro atoms. The van der Waals surface area contributed by atoms with E-state index < -0.39 is 0 Å². The molecule has 2 atom stereocenters. The number of hydrogen-bond acceptors (Lipinski definition) is 2. The fourth-order valence-electron chi connectivity index (χ4n) is 1.81. The number of rotatable bonds is 4. The van der Waals surface area contributed by atoms with Crippen molar-refractivity contribution in [2.45, 2.75) is 32.9 Å². The number of imidazole rings is 1. The van der Waals surface area contributed by atoms with E-state index >= 15 is 0 Å². The molecule has 0 amide bonds. The van der Waals surface area contributed by atoms with Gasteiger partial charge in [-0.25, -0.2) is 4.98 Å². The molecule has 0 bridgehead atoms. The van der Waals surface area contributed by atoms with Crippen molar-refractivity contribution < 1.29 is 5.11 Å². The number of nitrogens with zero attached hydrogens (tertiary/aromatic N) is 2. The molecule has 2 unspecified atom stereocenters. The standard InChI is InChI=1S/C13H18N2O/c1-3-10(2)13(16)8-15-9-14-11-6-4-5-7-12(11)15/h4-7,9-10,13,16H,3,8H2,1-2H3. The van der Waals surface area contributed by atoms with Crippen molar-refractivity contribution in [2.24, 2.45) is 5.92 Å². The van der Waals surface area contributed by atoms with Crippen molar-refractivity contribution >= 4 is 11.0 Å². The van der Waals surface area contributed by atoms with E-state index in [1.807, 2.05) is 28.8 Å². The van der Waals surface area contributed by atoms with Gasteiger partial charge < -0.3 is 9.67 Å². The van der Waals surface area contributed by atoms with Crippen LogP contribution in [0, 0.1) is 5.92 Å². The number of para-hydroxylation sites is 2. The van der Waals surface area contributed by atoms with Crippen molar-refractivity contribution in [3.8, 4) is 0 Å². The van der Waals surface area contributed by atoms with Crippen molar-refractivity contribution in [2.75, 3.05) is 0 Å². The predicted octanol–water partition coefficient (Wildman–Crippen LogP) is 2.44. The van der Waals surface area contributed by atoms with Crippen molar-refractivity contribution in [1.29, 1.82) is 0 Å². The zero-order chi connectivity index (χ0) is 11.5. The molecule has 2 rings (SSSR count). The summed E-state index contributed by atoms with van der Waals surface area (Å²) in [6, 6.07) is 7.99. The number of fused-ring (bicyclic) bond motifs is 1. The van der Waals surface area contributed by atoms with Crippen LogP contribution < -0.4 is 0 Å². The number of benzene rings is 1. The largest absolute Gasteiger partial charge is 0.391 e. The van der Waals surface area contributed by atoms with Crippen LogP contribution in [0.25, 0.3) is 11.0 Å². The Kier molecular flexibility index (Phi) is 3.25. The smallest absolute Gasteiger partial charge is 0.0959 e. The zero-order valence-corrected chi connectivity index (χ0v) is 9.80. The van der Waals surface area contributed by atoms with Gasteiger partial charge in [0, 0.05) is 0 Å². The van der Waals surface area contributed by atoms with Gasteiger partial charge in [0.2, 0.25) is 0 Å². The van der Waals surface area contributed by atoms with Gasteiger partial charge in [-0.2, -0.15) is 0 Å². The third-order valence-corrected chi connectivity index (χ3v) is 3.21. The van der Waals surface area contributed by atoms with Crippen LogP contribution in [0.3, 0.4) is 0 Å². The normalized spacial score (nSPS) is 15.2. The van der Waals surface area contributed by atoms with E-state index in [9.17, 15) is 5.11 Å². The second-order valence-corrected chi connectivity index (χ2v) is 4.34. The van der Waals surface area contributed by atoms with E-state index in [1.54, 1.807) is 6.33 Å². The van der Waals surface area contributed by atoms with Crippen LogP contribution in [0.2, 0.25) is 0 Å². The predicted molar refractivity (Wildman–Crippen MR) is 65.2 cm³/mol. The third kappa shape index (κ3) is 2.09. The van der Waals surface area contributed by atoms with Crippen molar-refractivity contribution in [3.63, 3.8) is 0 Å². The number of aliphatic hydroxyl groups is 1. The molecule has 16 heavy (non-hydrogen) atoms. The fourth-order valence-corrected chi connectivity index (χ4v) is 1.81. The summed E-state index contributed by atoms with van der Waals surface area (Å²) in [5.41, 5.74) is 2.07. The molecule has 0 fully saturated rings. The first kappa shape index (κ1) is 11.1. The van der Waals surface area contributed by atoms with Gasteiger partial charge in [-0.15, -0.1) is 0 Å². The summed E-state index contributed by atoms with van der Waals surface area (Å²) < 4.78 is 2.02. The summed E-state index contributed by atoms with van der Waals surface area (Å²) in [7, 11) is 0. The molecule has 1 aromatic carbocycles. The molecular weight excluding hydrogens is 200 g/mol. The Hall–Kier alpha value is -1.35. The Balaban J connectivity index is 2.21. The highest BCUT2D eigenvalue weighted by atomic mass is 16.3. The molecule has 0 aliphatic heterocycles. The zero-order valence-electron chi connectivity index (χ0n) is 9.80. The van der Waals surface area contributed by atoms with Crippen LogP contribution in [0.5, 0.6) is 0 Å². The van der Waals surface area contributed by atoms with E-state index in [4.69, 9.17) is 0 Å². The molecule has 0 aliphatic rings. The molecule has 0 saturated carbocycles. The minimum Gasteiger partial charge on any atom is -0.391 e. The first-order chi connectivity index (χ1) is 7.72. The van der Waals surface area contributed by atoms with Gasteiger partial charge in [-0.05, 0) is 18.1 Å². The van der Waals surface area contributed by atoms with Gasteiger partial charge in [0.25, 0.3) is 0 Å². The summed E-state index contributed by atoms with van der Waals surface area (Å²) in [4.78, 5) is 4.31. The molecule has 0 aliphatic carbocycles. The molecule has 0 saturated heterocycles. The average molecular weight is 218 g/mol. The summed E-state index contributed by atoms with van der Waals surface area (Å²) in [5.74, 6) is 0.321. The van der Waals surface area contributed by atoms with Crippen molar-refractivity contribution in [3.05, 3.63) is 30.6 Å². The van der Waals surface area contributed by atoms with Gasteiger partial charge in [0.05, 0.1) is 30.0 Å². The third-order valence-electron chi connectivity index (χ3n) is 3.21. The maximum absolute atomic E-state index is 10.0. The lowest BCUT2D eigenvalue weighted by molar-refractivity contribution is 0.0977. The Morgan fingerprint density at radius 1 is 1.38 bits per heavy atom. The molecule has 0 radical (unpaired) electrons. The highest BCUT2D eigenvalue weighted by Crippen LogP contribution is 2.15. The van der Waals surface area contributed by atoms with Crippen LogP contribution in [-0.4, -0.2) is 20.8 Å². The number of aliphatic hydroxyl groups excluding tert-OH is 1. The average Bonchev–Trinajstić information content (AvgIpc) is 2.72. The van der Waals surface area contributed by atoms with Crippen LogP contribution in [-0.2, 0) is 6.54 Å². The minimum absolute atomic E-state index is 0.303. The highest BCUT2D eigenvalue weighted by molar-refractivity contribution is 5.74. The van der Waals surface area contributed by atoms with Crippen LogP contribution >= 0.6 is 0 Å². The van der Waals surface area contributed by atoms with E-state index in [-0.39, 0.29) is 6.10 Å². The van der Waals surface area contributed by atoms with Crippen LogP contribution in [0.4, 0.5) is 0 Å². The lowest BCUT2D eigenvalue weighted by Gasteiger charge is -2.17. The Bertz CT molecular complexity index is 464. The number of aromatic nitrogens is 2. The molecular formula is C13H18N2O. The van der Waals surface area contributed by atoms with Gasteiger partial charge in [-0.3, -0.25) is 0 Å². The Morgan fingerprint density at radius 3 is 2.88 bits per heavy atom. The number of hydrogen-bond donors (Lipinski definition) is 1. The molecule has 1 heterocycles. The van der Waals surface area contributed by atoms with Gasteiger partial charge in [-0.1, -0.05) is 32.4 Å². The molecule has 3 heteroatoms. The SMILES string of the molecule is CCC(C)C(O)Cn1cnc2ccccc21. The van der Waals surface area contributed by atoms with E-state index in [1.165, 1.54) is 0 Å². The Morgan fingerprint density at radius 2 is 2.12 bits per heavy atom. The van der Waals surface area contributed by atoms with E-state index in [0.29, 0.717) is 12.5 Å². The maximum atomic E-state index is 10.0. The molecule has 2 aromatic rings. The van der Waals surface area contributed by atoms with Gasteiger partial charge in [0.1, 0.15) is 0 Å². The second kappa shape index (κ2) is 4.66. The molecule has 3 nitrogen and oxygen atoms in total. The first-order valence-corrected chi connectivity index (χ1v) is 5.80. The van der Waals surface area contributed by atoms with Crippen LogP contribution in [0.15, 0.2) is 30.6 Å². The maximum Gasteiger partial charge on any atom is 0.0959 e. The monoisotopic (exact) mass is 218 g/mol. The topological polar surface area (TPSA) is 38.0 Å². The van der Waals surface area contributed by atoms with Gasteiger partial charge in [0.15, 0.2) is 0 Å². The van der Waals surface area contributed by atoms with E-state index in [2.05, 4.69) is 18.8 Å². The fraction of sp³-hybridized carbons (Fsp3) is 0.462. The summed E-state index contributed by atoms with van der Waals surface area (Å²) in [5, 5.41) is 10.0. The molecule has 1 N–H and O–H groups in total. The first-order valence-electron chi connectivity index (χ1n) is 5.80. The van der Waals surface area contributed by atoms with Crippen molar-refractivity contribution in [1.82, 2.24) is 9.55 Å². The lowest BCUT2D eigenvalue weighted by atomic mass is 10.0. The highest BCUT2D eigenvalue weighted by Gasteiger charge is 2.13. The minimum atomic E-state index is -0.303. The molecule has 1 aromatic heterocycles. The van der Waals surface area contributed by atoms with E-state index in [0.717, 1.165) is 17.5 Å². The summed E-state index contributed by atoms with van der Waals surface area (Å²) in [6.45, 7) is 4.79. The van der Waals surface area contributed by atoms with Gasteiger partial charge >= 0.3 is 0 Å². The quantitative estimate of drug-likeness (QED) is 0.856. The summed E-state index contributed by atoms with van der Waals surface area (Å²) >= 11 is 0. The molecule has 86 valence electrons. The lowest BCUT2D eigenvalue weighted by Crippen LogP contribution is -2.22. The van der Waals surface area contributed by atoms with Crippen LogP contribution in [0.1, 0.15) is 20.3 Å². The second-order valence-electron chi connectivity index (χ2n) is 4.34. The summed E-state index contributed by atoms with van der Waals surface area (Å²) in [6.07, 6.45) is 2.49.